The van der Waals surface area contributed by atoms with Crippen molar-refractivity contribution in [2.45, 2.75) is 63.7 Å². The lowest BCUT2D eigenvalue weighted by molar-refractivity contribution is -0.195. The second kappa shape index (κ2) is 12.1. The first-order valence-electron chi connectivity index (χ1n) is 13.0. The van der Waals surface area contributed by atoms with Gasteiger partial charge in [-0.15, -0.1) is 0 Å². The summed E-state index contributed by atoms with van der Waals surface area (Å²) in [5.41, 5.74) is -0.188. The van der Waals surface area contributed by atoms with Crippen LogP contribution < -0.4 is 9.47 Å². The number of halogens is 8. The summed E-state index contributed by atoms with van der Waals surface area (Å²) in [6.07, 6.45) is -2.28. The molecule has 10 heteroatoms. The van der Waals surface area contributed by atoms with Crippen molar-refractivity contribution in [3.63, 3.8) is 0 Å². The number of ether oxygens (including phenoxy) is 2. The highest BCUT2D eigenvalue weighted by atomic mass is 19.4. The Labute approximate surface area is 226 Å². The van der Waals surface area contributed by atoms with Gasteiger partial charge in [0.05, 0.1) is 5.56 Å². The molecule has 0 saturated heterocycles. The maximum Gasteiger partial charge on any atom is 0.433 e. The minimum atomic E-state index is -5.02. The smallest absolute Gasteiger partial charge is 0.433 e. The lowest BCUT2D eigenvalue weighted by atomic mass is 9.77. The van der Waals surface area contributed by atoms with E-state index in [4.69, 9.17) is 4.74 Å². The van der Waals surface area contributed by atoms with Crippen LogP contribution >= 0.6 is 0 Å². The first kappa shape index (κ1) is 29.7. The Balaban J connectivity index is 1.39. The molecule has 4 rings (SSSR count). The highest BCUT2D eigenvalue weighted by Crippen LogP contribution is 2.39. The van der Waals surface area contributed by atoms with Crippen LogP contribution in [0.5, 0.6) is 11.5 Å². The number of benzene rings is 3. The fourth-order valence-corrected chi connectivity index (χ4v) is 5.15. The second-order valence-electron chi connectivity index (χ2n) is 10.0. The van der Waals surface area contributed by atoms with Gasteiger partial charge < -0.3 is 9.47 Å². The highest BCUT2D eigenvalue weighted by molar-refractivity contribution is 5.65. The number of hydrogen-bond donors (Lipinski definition) is 0. The summed E-state index contributed by atoms with van der Waals surface area (Å²) in [5, 5.41) is 0. The largest absolute Gasteiger partial charge is 0.480 e. The SMILES string of the molecule is CCCC1CCC(c2ccc(-c3ccc(OCC(F)(F)Oc4ccc(C(F)(F)F)c(F)c4)c(F)c3F)cc2)CC1. The molecule has 0 atom stereocenters. The molecule has 0 amide bonds. The topological polar surface area (TPSA) is 18.5 Å². The van der Waals surface area contributed by atoms with Crippen molar-refractivity contribution in [2.75, 3.05) is 6.61 Å². The van der Waals surface area contributed by atoms with E-state index < -0.39 is 53.4 Å². The van der Waals surface area contributed by atoms with Gasteiger partial charge in [0.2, 0.25) is 5.82 Å². The molecule has 3 aromatic rings. The third kappa shape index (κ3) is 7.06. The molecule has 0 N–H and O–H groups in total. The molecule has 0 aliphatic heterocycles. The van der Waals surface area contributed by atoms with E-state index in [0.29, 0.717) is 17.5 Å². The predicted molar refractivity (Wildman–Crippen MR) is 134 cm³/mol. The van der Waals surface area contributed by atoms with Crippen molar-refractivity contribution in [1.29, 1.82) is 0 Å². The molecule has 0 aromatic heterocycles. The Morgan fingerprint density at radius 1 is 0.800 bits per heavy atom. The van der Waals surface area contributed by atoms with Gasteiger partial charge in [0.1, 0.15) is 11.6 Å². The first-order valence-corrected chi connectivity index (χ1v) is 13.0. The number of alkyl halides is 5. The van der Waals surface area contributed by atoms with Gasteiger partial charge in [-0.1, -0.05) is 44.0 Å². The molecule has 40 heavy (non-hydrogen) atoms. The second-order valence-corrected chi connectivity index (χ2v) is 10.0. The zero-order chi connectivity index (χ0) is 29.1. The molecule has 216 valence electrons. The Morgan fingerprint density at radius 2 is 1.48 bits per heavy atom. The van der Waals surface area contributed by atoms with Crippen LogP contribution in [0.4, 0.5) is 35.1 Å². The summed E-state index contributed by atoms with van der Waals surface area (Å²) in [6.45, 7) is 0.575. The van der Waals surface area contributed by atoms with Crippen molar-refractivity contribution >= 4 is 0 Å². The molecule has 0 spiro atoms. The number of hydrogen-bond acceptors (Lipinski definition) is 2. The van der Waals surface area contributed by atoms with Crippen molar-refractivity contribution in [1.82, 2.24) is 0 Å². The quantitative estimate of drug-likeness (QED) is 0.238. The van der Waals surface area contributed by atoms with Crippen LogP contribution in [0.3, 0.4) is 0 Å². The van der Waals surface area contributed by atoms with E-state index in [9.17, 15) is 35.1 Å². The Hall–Kier alpha value is -3.30. The highest BCUT2D eigenvalue weighted by Gasteiger charge is 2.37. The fraction of sp³-hybridized carbons (Fsp3) is 0.400. The summed E-state index contributed by atoms with van der Waals surface area (Å²) in [7, 11) is 0. The predicted octanol–water partition coefficient (Wildman–Crippen LogP) is 9.91. The van der Waals surface area contributed by atoms with E-state index in [1.807, 2.05) is 12.1 Å². The van der Waals surface area contributed by atoms with Crippen molar-refractivity contribution in [3.05, 3.63) is 83.2 Å². The van der Waals surface area contributed by atoms with Crippen molar-refractivity contribution in [2.24, 2.45) is 5.92 Å². The molecule has 0 heterocycles. The lowest BCUT2D eigenvalue weighted by Gasteiger charge is -2.28. The zero-order valence-corrected chi connectivity index (χ0v) is 21.6. The van der Waals surface area contributed by atoms with Gasteiger partial charge in [-0.3, -0.25) is 0 Å². The van der Waals surface area contributed by atoms with Crippen molar-refractivity contribution < 1.29 is 44.6 Å². The van der Waals surface area contributed by atoms with Crippen LogP contribution in [-0.4, -0.2) is 12.7 Å². The van der Waals surface area contributed by atoms with E-state index in [2.05, 4.69) is 11.7 Å². The van der Waals surface area contributed by atoms with E-state index in [1.54, 1.807) is 12.1 Å². The normalized spacial score (nSPS) is 18.0. The Bertz CT molecular complexity index is 1300. The minimum Gasteiger partial charge on any atom is -0.480 e. The Morgan fingerprint density at radius 3 is 2.08 bits per heavy atom. The molecule has 1 saturated carbocycles. The molecular weight excluding hydrogens is 544 g/mol. The molecule has 0 bridgehead atoms. The summed E-state index contributed by atoms with van der Waals surface area (Å²) < 4.78 is 118. The van der Waals surface area contributed by atoms with E-state index in [0.717, 1.165) is 30.4 Å². The monoisotopic (exact) mass is 572 g/mol. The molecule has 1 fully saturated rings. The molecule has 0 unspecified atom stereocenters. The van der Waals surface area contributed by atoms with E-state index in [-0.39, 0.29) is 17.7 Å². The molecule has 3 aromatic carbocycles. The van der Waals surface area contributed by atoms with E-state index >= 15 is 0 Å². The molecule has 2 nitrogen and oxygen atoms in total. The van der Waals surface area contributed by atoms with Gasteiger partial charge in [-0.2, -0.15) is 26.3 Å². The average Bonchev–Trinajstić information content (AvgIpc) is 2.89. The fourth-order valence-electron chi connectivity index (χ4n) is 5.15. The average molecular weight is 573 g/mol. The lowest BCUT2D eigenvalue weighted by Crippen LogP contribution is -2.32. The van der Waals surface area contributed by atoms with E-state index in [1.165, 1.54) is 31.7 Å². The molecule has 1 aliphatic rings. The minimum absolute atomic E-state index is 0.0775. The third-order valence-electron chi connectivity index (χ3n) is 7.19. The molecule has 0 radical (unpaired) electrons. The van der Waals surface area contributed by atoms with Crippen LogP contribution in [0.2, 0.25) is 0 Å². The maximum absolute atomic E-state index is 14.9. The first-order chi connectivity index (χ1) is 18.9. The summed E-state index contributed by atoms with van der Waals surface area (Å²) in [5.74, 6) is -5.13. The van der Waals surface area contributed by atoms with Gasteiger partial charge in [0, 0.05) is 11.6 Å². The standard InChI is InChI=1S/C30H28F8O2/c1-2-3-18-4-6-19(7-5-18)20-8-10-21(11-9-20)23-13-15-26(28(33)27(23)32)39-17-29(34,35)40-22-12-14-24(25(31)16-22)30(36,37)38/h8-16,18-19H,2-7,17H2,1H3. The van der Waals surface area contributed by atoms with Gasteiger partial charge >= 0.3 is 12.3 Å². The van der Waals surface area contributed by atoms with Gasteiger partial charge in [-0.25, -0.2) is 8.78 Å². The third-order valence-corrected chi connectivity index (χ3v) is 7.19. The molecular formula is C30H28F8O2. The summed E-state index contributed by atoms with van der Waals surface area (Å²) in [6, 6.07) is 10.3. The Kier molecular flexibility index (Phi) is 8.95. The van der Waals surface area contributed by atoms with Gasteiger partial charge in [0.15, 0.2) is 18.2 Å². The molecule has 1 aliphatic carbocycles. The summed E-state index contributed by atoms with van der Waals surface area (Å²) >= 11 is 0. The van der Waals surface area contributed by atoms with Crippen LogP contribution in [0.1, 0.15) is 62.5 Å². The zero-order valence-electron chi connectivity index (χ0n) is 21.6. The van der Waals surface area contributed by atoms with Crippen LogP contribution in [0.15, 0.2) is 54.6 Å². The van der Waals surface area contributed by atoms with Gasteiger partial charge in [0.25, 0.3) is 0 Å². The van der Waals surface area contributed by atoms with Gasteiger partial charge in [-0.05, 0) is 72.9 Å². The summed E-state index contributed by atoms with van der Waals surface area (Å²) in [4.78, 5) is 0. The number of rotatable bonds is 9. The van der Waals surface area contributed by atoms with Crippen LogP contribution in [-0.2, 0) is 6.18 Å². The van der Waals surface area contributed by atoms with Crippen LogP contribution in [0, 0.1) is 23.4 Å². The maximum atomic E-state index is 14.9. The van der Waals surface area contributed by atoms with Crippen LogP contribution in [0.25, 0.3) is 11.1 Å². The van der Waals surface area contributed by atoms with Crippen molar-refractivity contribution in [3.8, 4) is 22.6 Å².